The van der Waals surface area contributed by atoms with Crippen molar-refractivity contribution in [3.05, 3.63) is 29.3 Å². The van der Waals surface area contributed by atoms with Gasteiger partial charge in [-0.25, -0.2) is 4.79 Å². The minimum absolute atomic E-state index is 0.237. The van der Waals surface area contributed by atoms with Gasteiger partial charge in [-0.15, -0.1) is 0 Å². The first-order valence-corrected chi connectivity index (χ1v) is 7.05. The van der Waals surface area contributed by atoms with Crippen LogP contribution in [0.2, 0.25) is 0 Å². The second kappa shape index (κ2) is 5.35. The Balaban J connectivity index is 2.20. The van der Waals surface area contributed by atoms with Crippen molar-refractivity contribution in [2.24, 2.45) is 0 Å². The summed E-state index contributed by atoms with van der Waals surface area (Å²) in [5.74, 6) is 0. The Labute approximate surface area is 121 Å². The van der Waals surface area contributed by atoms with Gasteiger partial charge in [0, 0.05) is 25.8 Å². The van der Waals surface area contributed by atoms with Crippen molar-refractivity contribution < 1.29 is 9.53 Å². The lowest BCUT2D eigenvalue weighted by Gasteiger charge is -2.26. The van der Waals surface area contributed by atoms with Crippen LogP contribution in [0, 0.1) is 6.92 Å². The largest absolute Gasteiger partial charge is 0.444 e. The number of nitrogens with zero attached hydrogens (tertiary/aromatic N) is 2. The molecule has 0 fully saturated rings. The van der Waals surface area contributed by atoms with Gasteiger partial charge in [-0.05, 0) is 44.9 Å². The summed E-state index contributed by atoms with van der Waals surface area (Å²) in [7, 11) is 2.07. The van der Waals surface area contributed by atoms with Gasteiger partial charge in [0.25, 0.3) is 0 Å². The topological polar surface area (TPSA) is 32.8 Å². The Bertz CT molecular complexity index is 506. The first-order chi connectivity index (χ1) is 9.26. The number of amides is 1. The third kappa shape index (κ3) is 3.44. The molecule has 0 radical (unpaired) electrons. The molecule has 2 rings (SSSR count). The molecular formula is C16H24N2O2. The van der Waals surface area contributed by atoms with E-state index in [0.29, 0.717) is 13.1 Å². The Morgan fingerprint density at radius 2 is 1.95 bits per heavy atom. The molecule has 20 heavy (non-hydrogen) atoms. The third-order valence-corrected chi connectivity index (χ3v) is 3.37. The van der Waals surface area contributed by atoms with Gasteiger partial charge in [0.05, 0.1) is 6.54 Å². The lowest BCUT2D eigenvalue weighted by Crippen LogP contribution is -2.38. The first kappa shape index (κ1) is 14.7. The summed E-state index contributed by atoms with van der Waals surface area (Å²) in [6, 6.07) is 6.36. The average Bonchev–Trinajstić information content (AvgIpc) is 2.48. The molecule has 0 saturated heterocycles. The minimum atomic E-state index is -0.453. The van der Waals surface area contributed by atoms with Gasteiger partial charge >= 0.3 is 6.09 Å². The molecule has 0 spiro atoms. The molecule has 110 valence electrons. The van der Waals surface area contributed by atoms with Crippen molar-refractivity contribution in [1.82, 2.24) is 4.90 Å². The Morgan fingerprint density at radius 1 is 1.25 bits per heavy atom. The number of hydrogen-bond donors (Lipinski definition) is 0. The van der Waals surface area contributed by atoms with Crippen LogP contribution < -0.4 is 4.90 Å². The fraction of sp³-hybridized carbons (Fsp3) is 0.562. The molecule has 1 aromatic carbocycles. The number of rotatable bonds is 0. The summed E-state index contributed by atoms with van der Waals surface area (Å²) in [6.07, 6.45) is -0.237. The molecule has 0 atom stereocenters. The zero-order chi connectivity index (χ0) is 14.9. The van der Waals surface area contributed by atoms with Crippen LogP contribution in [0.1, 0.15) is 31.9 Å². The Kier molecular flexibility index (Phi) is 3.93. The van der Waals surface area contributed by atoms with E-state index in [1.165, 1.54) is 16.8 Å². The summed E-state index contributed by atoms with van der Waals surface area (Å²) in [5.41, 5.74) is 3.16. The molecule has 1 aliphatic rings. The predicted octanol–water partition coefficient (Wildman–Crippen LogP) is 3.18. The second-order valence-electron chi connectivity index (χ2n) is 6.46. The van der Waals surface area contributed by atoms with Gasteiger partial charge < -0.3 is 14.5 Å². The molecule has 1 amide bonds. The fourth-order valence-electron chi connectivity index (χ4n) is 2.32. The molecule has 0 N–H and O–H groups in total. The number of benzene rings is 1. The Morgan fingerprint density at radius 3 is 2.60 bits per heavy atom. The van der Waals surface area contributed by atoms with E-state index in [4.69, 9.17) is 4.74 Å². The van der Waals surface area contributed by atoms with Gasteiger partial charge in [0.1, 0.15) is 5.60 Å². The number of carbonyl (C=O) groups excluding carboxylic acids is 1. The van der Waals surface area contributed by atoms with Crippen molar-refractivity contribution in [3.8, 4) is 0 Å². The molecule has 1 aromatic rings. The van der Waals surface area contributed by atoms with E-state index >= 15 is 0 Å². The number of fused-ring (bicyclic) bond motifs is 1. The van der Waals surface area contributed by atoms with Crippen LogP contribution in [0.3, 0.4) is 0 Å². The zero-order valence-corrected chi connectivity index (χ0v) is 13.1. The van der Waals surface area contributed by atoms with Gasteiger partial charge in [-0.3, -0.25) is 0 Å². The lowest BCUT2D eigenvalue weighted by atomic mass is 10.1. The Hall–Kier alpha value is -1.71. The number of ether oxygens (including phenoxy) is 1. The molecule has 0 aliphatic carbocycles. The van der Waals surface area contributed by atoms with E-state index in [1.54, 1.807) is 4.90 Å². The summed E-state index contributed by atoms with van der Waals surface area (Å²) in [6.45, 7) is 9.87. The summed E-state index contributed by atoms with van der Waals surface area (Å²) >= 11 is 0. The second-order valence-corrected chi connectivity index (χ2v) is 6.46. The zero-order valence-electron chi connectivity index (χ0n) is 13.1. The first-order valence-electron chi connectivity index (χ1n) is 7.05. The van der Waals surface area contributed by atoms with E-state index in [2.05, 4.69) is 37.1 Å². The number of likely N-dealkylation sites (N-methyl/N-ethyl adjacent to an activating group) is 1. The molecule has 0 saturated carbocycles. The van der Waals surface area contributed by atoms with E-state index in [1.807, 2.05) is 20.8 Å². The van der Waals surface area contributed by atoms with Gasteiger partial charge in [0.15, 0.2) is 0 Å². The highest BCUT2D eigenvalue weighted by Gasteiger charge is 2.25. The molecule has 1 aliphatic heterocycles. The average molecular weight is 276 g/mol. The highest BCUT2D eigenvalue weighted by Crippen LogP contribution is 2.26. The van der Waals surface area contributed by atoms with Crippen LogP contribution in [0.4, 0.5) is 10.5 Å². The molecule has 0 bridgehead atoms. The van der Waals surface area contributed by atoms with Crippen LogP contribution in [-0.2, 0) is 11.3 Å². The molecule has 0 unspecified atom stereocenters. The minimum Gasteiger partial charge on any atom is -0.444 e. The number of hydrogen-bond acceptors (Lipinski definition) is 3. The molecule has 1 heterocycles. The standard InChI is InChI=1S/C16H24N2O2/c1-12-6-7-13-11-18(15(19)20-16(2,3)4)9-8-17(5)14(13)10-12/h6-7,10H,8-9,11H2,1-5H3. The lowest BCUT2D eigenvalue weighted by molar-refractivity contribution is 0.0243. The highest BCUT2D eigenvalue weighted by molar-refractivity contribution is 5.69. The van der Waals surface area contributed by atoms with Crippen LogP contribution in [-0.4, -0.2) is 36.7 Å². The molecule has 4 nitrogen and oxygen atoms in total. The SMILES string of the molecule is Cc1ccc2c(c1)N(C)CCN(C(=O)OC(C)(C)C)C2. The number of aryl methyl sites for hydroxylation is 1. The van der Waals surface area contributed by atoms with E-state index < -0.39 is 5.60 Å². The molecule has 0 aromatic heterocycles. The van der Waals surface area contributed by atoms with Crippen molar-refractivity contribution >= 4 is 11.8 Å². The predicted molar refractivity (Wildman–Crippen MR) is 81.1 cm³/mol. The van der Waals surface area contributed by atoms with Gasteiger partial charge in [-0.2, -0.15) is 0 Å². The maximum absolute atomic E-state index is 12.2. The van der Waals surface area contributed by atoms with Crippen molar-refractivity contribution in [2.45, 2.75) is 39.8 Å². The van der Waals surface area contributed by atoms with Gasteiger partial charge in [0.2, 0.25) is 0 Å². The van der Waals surface area contributed by atoms with Crippen molar-refractivity contribution in [2.75, 3.05) is 25.0 Å². The molecular weight excluding hydrogens is 252 g/mol. The third-order valence-electron chi connectivity index (χ3n) is 3.37. The fourth-order valence-corrected chi connectivity index (χ4v) is 2.32. The smallest absolute Gasteiger partial charge is 0.410 e. The van der Waals surface area contributed by atoms with Gasteiger partial charge in [-0.1, -0.05) is 12.1 Å². The van der Waals surface area contributed by atoms with Crippen LogP contribution in [0.15, 0.2) is 18.2 Å². The van der Waals surface area contributed by atoms with E-state index in [9.17, 15) is 4.79 Å². The maximum atomic E-state index is 12.2. The summed E-state index contributed by atoms with van der Waals surface area (Å²) in [4.78, 5) is 16.2. The quantitative estimate of drug-likeness (QED) is 0.729. The number of carbonyl (C=O) groups is 1. The van der Waals surface area contributed by atoms with E-state index in [0.717, 1.165) is 6.54 Å². The normalized spacial score (nSPS) is 15.7. The van der Waals surface area contributed by atoms with Crippen molar-refractivity contribution in [1.29, 1.82) is 0 Å². The number of anilines is 1. The highest BCUT2D eigenvalue weighted by atomic mass is 16.6. The van der Waals surface area contributed by atoms with Crippen molar-refractivity contribution in [3.63, 3.8) is 0 Å². The van der Waals surface area contributed by atoms with E-state index in [-0.39, 0.29) is 6.09 Å². The van der Waals surface area contributed by atoms with Crippen LogP contribution in [0.5, 0.6) is 0 Å². The van der Waals surface area contributed by atoms with Crippen LogP contribution >= 0.6 is 0 Å². The monoisotopic (exact) mass is 276 g/mol. The summed E-state index contributed by atoms with van der Waals surface area (Å²) in [5, 5.41) is 0. The summed E-state index contributed by atoms with van der Waals surface area (Å²) < 4.78 is 5.48. The van der Waals surface area contributed by atoms with Crippen LogP contribution in [0.25, 0.3) is 0 Å². The maximum Gasteiger partial charge on any atom is 0.410 e. The molecule has 4 heteroatoms.